The van der Waals surface area contributed by atoms with Gasteiger partial charge in [0.1, 0.15) is 0 Å². The Hall–Kier alpha value is -0.610. The molecule has 2 aliphatic heterocycles. The number of carbonyl (C=O) groups is 1. The molecule has 3 unspecified atom stereocenters. The molecule has 4 heteroatoms. The molecule has 2 aliphatic rings. The number of hydrogen-bond acceptors (Lipinski definition) is 3. The van der Waals surface area contributed by atoms with Crippen molar-refractivity contribution in [2.75, 3.05) is 26.2 Å². The van der Waals surface area contributed by atoms with Gasteiger partial charge < -0.3 is 9.80 Å². The van der Waals surface area contributed by atoms with Gasteiger partial charge in [-0.15, -0.1) is 0 Å². The zero-order valence-corrected chi connectivity index (χ0v) is 13.6. The summed E-state index contributed by atoms with van der Waals surface area (Å²) in [5.74, 6) is 1.20. The third kappa shape index (κ3) is 3.34. The summed E-state index contributed by atoms with van der Waals surface area (Å²) in [7, 11) is 0. The number of rotatable bonds is 6. The smallest absolute Gasteiger partial charge is 0.241 e. The highest BCUT2D eigenvalue weighted by Gasteiger charge is 2.41. The van der Waals surface area contributed by atoms with Crippen LogP contribution in [0.3, 0.4) is 0 Å². The van der Waals surface area contributed by atoms with Gasteiger partial charge in [-0.1, -0.05) is 34.1 Å². The molecule has 2 heterocycles. The van der Waals surface area contributed by atoms with Crippen LogP contribution in [0.4, 0.5) is 0 Å². The van der Waals surface area contributed by atoms with E-state index in [-0.39, 0.29) is 12.2 Å². The van der Waals surface area contributed by atoms with Crippen LogP contribution < -0.4 is 5.32 Å². The molecular formula is C16H31N3O. The van der Waals surface area contributed by atoms with Gasteiger partial charge in [-0.3, -0.25) is 10.1 Å². The first-order valence-electron chi connectivity index (χ1n) is 8.33. The van der Waals surface area contributed by atoms with Gasteiger partial charge in [0.2, 0.25) is 5.91 Å². The second-order valence-electron chi connectivity index (χ2n) is 6.80. The summed E-state index contributed by atoms with van der Waals surface area (Å²) in [6.45, 7) is 13.1. The van der Waals surface area contributed by atoms with Crippen molar-refractivity contribution in [2.24, 2.45) is 11.8 Å². The van der Waals surface area contributed by atoms with E-state index in [0.717, 1.165) is 19.5 Å². The molecule has 3 atom stereocenters. The van der Waals surface area contributed by atoms with Gasteiger partial charge in [0.15, 0.2) is 0 Å². The quantitative estimate of drug-likeness (QED) is 0.808. The van der Waals surface area contributed by atoms with E-state index in [2.05, 4.69) is 42.8 Å². The molecule has 0 aromatic rings. The molecule has 1 N–H and O–H groups in total. The third-order valence-electron chi connectivity index (χ3n) is 4.94. The normalized spacial score (nSPS) is 29.6. The van der Waals surface area contributed by atoms with Crippen molar-refractivity contribution in [1.82, 2.24) is 15.1 Å². The lowest BCUT2D eigenvalue weighted by molar-refractivity contribution is -0.131. The van der Waals surface area contributed by atoms with Crippen LogP contribution in [0.1, 0.15) is 47.0 Å². The van der Waals surface area contributed by atoms with E-state index in [1.54, 1.807) is 0 Å². The number of nitrogens with zero attached hydrogens (tertiary/aromatic N) is 2. The topological polar surface area (TPSA) is 35.6 Å². The fourth-order valence-electron chi connectivity index (χ4n) is 3.36. The number of carbonyl (C=O) groups excluding carboxylic acids is 1. The van der Waals surface area contributed by atoms with Crippen LogP contribution in [0.25, 0.3) is 0 Å². The Balaban J connectivity index is 1.97. The number of hydrogen-bond donors (Lipinski definition) is 1. The molecule has 0 radical (unpaired) electrons. The molecule has 4 nitrogen and oxygen atoms in total. The van der Waals surface area contributed by atoms with Gasteiger partial charge >= 0.3 is 0 Å². The lowest BCUT2D eigenvalue weighted by atomic mass is 9.99. The molecule has 1 amide bonds. The summed E-state index contributed by atoms with van der Waals surface area (Å²) in [6, 6.07) is 0.0194. The predicted molar refractivity (Wildman–Crippen MR) is 82.4 cm³/mol. The van der Waals surface area contributed by atoms with Crippen molar-refractivity contribution < 1.29 is 4.79 Å². The standard InChI is InChI=1S/C16H31N3O/c1-5-13(4)14-16(20)19(15(17-14)12(2)3)11-10-18-8-6-7-9-18/h12-15,17H,5-11H2,1-4H3. The second-order valence-corrected chi connectivity index (χ2v) is 6.80. The Morgan fingerprint density at radius 1 is 1.20 bits per heavy atom. The first kappa shape index (κ1) is 15.8. The summed E-state index contributed by atoms with van der Waals surface area (Å²) in [5.41, 5.74) is 0. The molecule has 116 valence electrons. The highest BCUT2D eigenvalue weighted by molar-refractivity contribution is 5.84. The summed E-state index contributed by atoms with van der Waals surface area (Å²) in [6.07, 6.45) is 3.89. The number of amides is 1. The maximum atomic E-state index is 12.7. The molecule has 2 rings (SSSR count). The van der Waals surface area contributed by atoms with Gasteiger partial charge in [-0.2, -0.15) is 0 Å². The van der Waals surface area contributed by atoms with Crippen molar-refractivity contribution in [1.29, 1.82) is 0 Å². The average Bonchev–Trinajstić information content (AvgIpc) is 3.03. The van der Waals surface area contributed by atoms with Crippen LogP contribution in [-0.2, 0) is 4.79 Å². The van der Waals surface area contributed by atoms with Crippen molar-refractivity contribution >= 4 is 5.91 Å². The monoisotopic (exact) mass is 281 g/mol. The van der Waals surface area contributed by atoms with E-state index in [1.807, 2.05) is 0 Å². The SMILES string of the molecule is CCC(C)C1NC(C(C)C)N(CCN2CCCC2)C1=O. The van der Waals surface area contributed by atoms with Crippen LogP contribution in [-0.4, -0.2) is 54.1 Å². The van der Waals surface area contributed by atoms with E-state index < -0.39 is 0 Å². The second kappa shape index (κ2) is 6.90. The third-order valence-corrected chi connectivity index (χ3v) is 4.94. The van der Waals surface area contributed by atoms with Crippen LogP contribution in [0.5, 0.6) is 0 Å². The van der Waals surface area contributed by atoms with E-state index in [0.29, 0.717) is 17.7 Å². The van der Waals surface area contributed by atoms with Crippen molar-refractivity contribution in [3.8, 4) is 0 Å². The lowest BCUT2D eigenvalue weighted by Crippen LogP contribution is -2.44. The maximum absolute atomic E-state index is 12.7. The molecular weight excluding hydrogens is 250 g/mol. The first-order valence-corrected chi connectivity index (χ1v) is 8.33. The van der Waals surface area contributed by atoms with Crippen molar-refractivity contribution in [3.05, 3.63) is 0 Å². The Morgan fingerprint density at radius 2 is 1.85 bits per heavy atom. The Bertz CT molecular complexity index is 326. The molecule has 0 aromatic carbocycles. The minimum absolute atomic E-state index is 0.0194. The fraction of sp³-hybridized carbons (Fsp3) is 0.938. The minimum Gasteiger partial charge on any atom is -0.324 e. The number of likely N-dealkylation sites (tertiary alicyclic amines) is 1. The molecule has 0 aromatic heterocycles. The summed E-state index contributed by atoms with van der Waals surface area (Å²) in [4.78, 5) is 17.3. The Morgan fingerprint density at radius 3 is 2.40 bits per heavy atom. The van der Waals surface area contributed by atoms with E-state index in [1.165, 1.54) is 25.9 Å². The molecule has 20 heavy (non-hydrogen) atoms. The zero-order valence-electron chi connectivity index (χ0n) is 13.6. The molecule has 2 saturated heterocycles. The van der Waals surface area contributed by atoms with Crippen molar-refractivity contribution in [3.63, 3.8) is 0 Å². The van der Waals surface area contributed by atoms with Gasteiger partial charge in [0, 0.05) is 13.1 Å². The number of nitrogens with one attached hydrogen (secondary N) is 1. The largest absolute Gasteiger partial charge is 0.324 e. The van der Waals surface area contributed by atoms with Crippen LogP contribution in [0.15, 0.2) is 0 Å². The van der Waals surface area contributed by atoms with Gasteiger partial charge in [0.25, 0.3) is 0 Å². The predicted octanol–water partition coefficient (Wildman–Crippen LogP) is 1.91. The van der Waals surface area contributed by atoms with E-state index >= 15 is 0 Å². The van der Waals surface area contributed by atoms with Crippen LogP contribution >= 0.6 is 0 Å². The van der Waals surface area contributed by atoms with Crippen molar-refractivity contribution in [2.45, 2.75) is 59.2 Å². The Labute approximate surface area is 123 Å². The van der Waals surface area contributed by atoms with Crippen LogP contribution in [0.2, 0.25) is 0 Å². The van der Waals surface area contributed by atoms with E-state index in [4.69, 9.17) is 0 Å². The molecule has 0 saturated carbocycles. The maximum Gasteiger partial charge on any atom is 0.241 e. The molecule has 0 bridgehead atoms. The average molecular weight is 281 g/mol. The van der Waals surface area contributed by atoms with Gasteiger partial charge in [0.05, 0.1) is 12.2 Å². The summed E-state index contributed by atoms with van der Waals surface area (Å²) in [5, 5.41) is 3.57. The van der Waals surface area contributed by atoms with Crippen LogP contribution in [0, 0.1) is 11.8 Å². The minimum atomic E-state index is 0.0194. The highest BCUT2D eigenvalue weighted by Crippen LogP contribution is 2.23. The lowest BCUT2D eigenvalue weighted by Gasteiger charge is -2.29. The zero-order chi connectivity index (χ0) is 14.7. The highest BCUT2D eigenvalue weighted by atomic mass is 16.2. The fourth-order valence-corrected chi connectivity index (χ4v) is 3.36. The first-order chi connectivity index (χ1) is 9.54. The van der Waals surface area contributed by atoms with Gasteiger partial charge in [-0.25, -0.2) is 0 Å². The Kier molecular flexibility index (Phi) is 5.44. The van der Waals surface area contributed by atoms with E-state index in [9.17, 15) is 4.79 Å². The summed E-state index contributed by atoms with van der Waals surface area (Å²) < 4.78 is 0. The molecule has 0 aliphatic carbocycles. The molecule has 0 spiro atoms. The summed E-state index contributed by atoms with van der Waals surface area (Å²) >= 11 is 0. The molecule has 2 fully saturated rings. The van der Waals surface area contributed by atoms with Gasteiger partial charge in [-0.05, 0) is 37.8 Å².